The SMILES string of the molecule is COC(=O)c1cc(NCc2ccoc2)cc(C)c1N. The number of benzene rings is 1. The van der Waals surface area contributed by atoms with Crippen LogP contribution in [0.15, 0.2) is 35.1 Å². The molecule has 0 bridgehead atoms. The maximum absolute atomic E-state index is 11.6. The summed E-state index contributed by atoms with van der Waals surface area (Å²) in [5, 5.41) is 3.21. The fourth-order valence-corrected chi connectivity index (χ4v) is 1.78. The third kappa shape index (κ3) is 2.88. The van der Waals surface area contributed by atoms with Crippen LogP contribution in [-0.2, 0) is 11.3 Å². The quantitative estimate of drug-likeness (QED) is 0.652. The lowest BCUT2D eigenvalue weighted by atomic mass is 10.1. The van der Waals surface area contributed by atoms with E-state index in [4.69, 9.17) is 14.9 Å². The van der Waals surface area contributed by atoms with Crippen LogP contribution < -0.4 is 11.1 Å². The van der Waals surface area contributed by atoms with Crippen LogP contribution in [0.2, 0.25) is 0 Å². The minimum absolute atomic E-state index is 0.372. The Morgan fingerprint density at radius 1 is 1.47 bits per heavy atom. The molecule has 0 saturated heterocycles. The molecule has 2 aromatic rings. The monoisotopic (exact) mass is 260 g/mol. The molecule has 5 heteroatoms. The number of ether oxygens (including phenoxy) is 1. The third-order valence-corrected chi connectivity index (χ3v) is 2.87. The molecule has 1 aromatic heterocycles. The molecule has 19 heavy (non-hydrogen) atoms. The minimum Gasteiger partial charge on any atom is -0.472 e. The van der Waals surface area contributed by atoms with Gasteiger partial charge in [0.15, 0.2) is 0 Å². The first-order valence-corrected chi connectivity index (χ1v) is 5.85. The van der Waals surface area contributed by atoms with Gasteiger partial charge in [0.05, 0.1) is 25.2 Å². The molecule has 3 N–H and O–H groups in total. The Kier molecular flexibility index (Phi) is 3.75. The van der Waals surface area contributed by atoms with E-state index < -0.39 is 5.97 Å². The van der Waals surface area contributed by atoms with Crippen LogP contribution in [0, 0.1) is 6.92 Å². The highest BCUT2D eigenvalue weighted by Gasteiger charge is 2.13. The second kappa shape index (κ2) is 5.48. The zero-order chi connectivity index (χ0) is 13.8. The molecule has 2 rings (SSSR count). The third-order valence-electron chi connectivity index (χ3n) is 2.87. The number of carbonyl (C=O) groups excluding carboxylic acids is 1. The molecule has 0 aliphatic heterocycles. The first-order valence-electron chi connectivity index (χ1n) is 5.85. The number of nitrogen functional groups attached to an aromatic ring is 1. The molecule has 0 unspecified atom stereocenters. The zero-order valence-electron chi connectivity index (χ0n) is 10.9. The van der Waals surface area contributed by atoms with Crippen LogP contribution in [0.5, 0.6) is 0 Å². The van der Waals surface area contributed by atoms with Gasteiger partial charge in [0.1, 0.15) is 0 Å². The van der Waals surface area contributed by atoms with Crippen LogP contribution in [0.4, 0.5) is 11.4 Å². The topological polar surface area (TPSA) is 77.5 Å². The number of hydrogen-bond acceptors (Lipinski definition) is 5. The number of furan rings is 1. The number of anilines is 2. The fraction of sp³-hybridized carbons (Fsp3) is 0.214. The number of nitrogens with one attached hydrogen (secondary N) is 1. The maximum atomic E-state index is 11.6. The average molecular weight is 260 g/mol. The van der Waals surface area contributed by atoms with E-state index in [2.05, 4.69) is 5.32 Å². The Bertz CT molecular complexity index is 577. The second-order valence-electron chi connectivity index (χ2n) is 4.23. The first kappa shape index (κ1) is 13.0. The number of nitrogens with two attached hydrogens (primary N) is 1. The van der Waals surface area contributed by atoms with E-state index in [-0.39, 0.29) is 0 Å². The van der Waals surface area contributed by atoms with Crippen molar-refractivity contribution < 1.29 is 13.9 Å². The van der Waals surface area contributed by atoms with E-state index >= 15 is 0 Å². The van der Waals surface area contributed by atoms with Crippen molar-refractivity contribution in [2.24, 2.45) is 0 Å². The van der Waals surface area contributed by atoms with Crippen molar-refractivity contribution in [3.63, 3.8) is 0 Å². The summed E-state index contributed by atoms with van der Waals surface area (Å²) in [6.45, 7) is 2.46. The van der Waals surface area contributed by atoms with Crippen molar-refractivity contribution >= 4 is 17.3 Å². The van der Waals surface area contributed by atoms with Crippen molar-refractivity contribution in [1.82, 2.24) is 0 Å². The van der Waals surface area contributed by atoms with E-state index in [9.17, 15) is 4.79 Å². The number of esters is 1. The standard InChI is InChI=1S/C14H16N2O3/c1-9-5-11(16-7-10-3-4-19-8-10)6-12(13(9)15)14(17)18-2/h3-6,8,16H,7,15H2,1-2H3. The van der Waals surface area contributed by atoms with E-state index in [0.29, 0.717) is 17.8 Å². The number of rotatable bonds is 4. The van der Waals surface area contributed by atoms with Crippen molar-refractivity contribution in [3.05, 3.63) is 47.4 Å². The molecule has 0 saturated carbocycles. The highest BCUT2D eigenvalue weighted by Crippen LogP contribution is 2.24. The lowest BCUT2D eigenvalue weighted by molar-refractivity contribution is 0.0602. The first-order chi connectivity index (χ1) is 9.11. The Balaban J connectivity index is 2.21. The Hall–Kier alpha value is -2.43. The molecule has 0 fully saturated rings. The lowest BCUT2D eigenvalue weighted by Crippen LogP contribution is -2.09. The predicted molar refractivity (Wildman–Crippen MR) is 73.0 cm³/mol. The average Bonchev–Trinajstić information content (AvgIpc) is 2.92. The van der Waals surface area contributed by atoms with Crippen molar-refractivity contribution in [3.8, 4) is 0 Å². The van der Waals surface area contributed by atoms with Crippen molar-refractivity contribution in [2.75, 3.05) is 18.2 Å². The molecule has 100 valence electrons. The number of carbonyl (C=O) groups is 1. The summed E-state index contributed by atoms with van der Waals surface area (Å²) in [5.74, 6) is -0.437. The van der Waals surface area contributed by atoms with Gasteiger partial charge < -0.3 is 20.2 Å². The summed E-state index contributed by atoms with van der Waals surface area (Å²) in [6, 6.07) is 5.45. The van der Waals surface area contributed by atoms with E-state index in [1.807, 2.05) is 19.1 Å². The molecule has 0 aliphatic carbocycles. The van der Waals surface area contributed by atoms with E-state index in [0.717, 1.165) is 16.8 Å². The molecular weight excluding hydrogens is 244 g/mol. The molecule has 5 nitrogen and oxygen atoms in total. The van der Waals surface area contributed by atoms with Crippen molar-refractivity contribution in [1.29, 1.82) is 0 Å². The van der Waals surface area contributed by atoms with Gasteiger partial charge in [-0.05, 0) is 30.7 Å². The highest BCUT2D eigenvalue weighted by molar-refractivity contribution is 5.97. The predicted octanol–water partition coefficient (Wildman–Crippen LogP) is 2.57. The largest absolute Gasteiger partial charge is 0.472 e. The molecule has 1 aromatic carbocycles. The minimum atomic E-state index is -0.437. The number of methoxy groups -OCH3 is 1. The maximum Gasteiger partial charge on any atom is 0.340 e. The Morgan fingerprint density at radius 3 is 2.89 bits per heavy atom. The summed E-state index contributed by atoms with van der Waals surface area (Å²) < 4.78 is 9.71. The van der Waals surface area contributed by atoms with Gasteiger partial charge in [-0.2, -0.15) is 0 Å². The van der Waals surface area contributed by atoms with Gasteiger partial charge >= 0.3 is 5.97 Å². The Morgan fingerprint density at radius 2 is 2.26 bits per heavy atom. The van der Waals surface area contributed by atoms with Crippen LogP contribution in [-0.4, -0.2) is 13.1 Å². The molecule has 0 radical (unpaired) electrons. The van der Waals surface area contributed by atoms with Crippen molar-refractivity contribution in [2.45, 2.75) is 13.5 Å². The highest BCUT2D eigenvalue weighted by atomic mass is 16.5. The van der Waals surface area contributed by atoms with Crippen LogP contribution in [0.3, 0.4) is 0 Å². The smallest absolute Gasteiger partial charge is 0.340 e. The summed E-state index contributed by atoms with van der Waals surface area (Å²) in [5.41, 5.74) is 9.36. The summed E-state index contributed by atoms with van der Waals surface area (Å²) >= 11 is 0. The van der Waals surface area contributed by atoms with E-state index in [1.54, 1.807) is 18.6 Å². The molecule has 0 aliphatic rings. The van der Waals surface area contributed by atoms with Gasteiger partial charge in [0, 0.05) is 23.5 Å². The number of hydrogen-bond donors (Lipinski definition) is 2. The van der Waals surface area contributed by atoms with E-state index in [1.165, 1.54) is 7.11 Å². The molecular formula is C14H16N2O3. The van der Waals surface area contributed by atoms with Crippen LogP contribution in [0.25, 0.3) is 0 Å². The zero-order valence-corrected chi connectivity index (χ0v) is 10.9. The van der Waals surface area contributed by atoms with Gasteiger partial charge in [-0.25, -0.2) is 4.79 Å². The molecule has 1 heterocycles. The van der Waals surface area contributed by atoms with Crippen LogP contribution in [0.1, 0.15) is 21.5 Å². The summed E-state index contributed by atoms with van der Waals surface area (Å²) in [6.07, 6.45) is 3.28. The number of aryl methyl sites for hydroxylation is 1. The normalized spacial score (nSPS) is 10.2. The van der Waals surface area contributed by atoms with Gasteiger partial charge in [0.2, 0.25) is 0 Å². The van der Waals surface area contributed by atoms with Gasteiger partial charge in [0.25, 0.3) is 0 Å². The Labute approximate surface area is 111 Å². The van der Waals surface area contributed by atoms with Gasteiger partial charge in [-0.3, -0.25) is 0 Å². The van der Waals surface area contributed by atoms with Gasteiger partial charge in [-0.1, -0.05) is 0 Å². The molecule has 0 spiro atoms. The second-order valence-corrected chi connectivity index (χ2v) is 4.23. The lowest BCUT2D eigenvalue weighted by Gasteiger charge is -2.11. The molecule has 0 atom stereocenters. The van der Waals surface area contributed by atoms with Gasteiger partial charge in [-0.15, -0.1) is 0 Å². The summed E-state index contributed by atoms with van der Waals surface area (Å²) in [7, 11) is 1.34. The fourth-order valence-electron chi connectivity index (χ4n) is 1.78. The summed E-state index contributed by atoms with van der Waals surface area (Å²) in [4.78, 5) is 11.6. The van der Waals surface area contributed by atoms with Crippen LogP contribution >= 0.6 is 0 Å². The molecule has 0 amide bonds.